The van der Waals surface area contributed by atoms with Crippen LogP contribution in [0.5, 0.6) is 5.75 Å². The molecule has 2 saturated carbocycles. The van der Waals surface area contributed by atoms with Gasteiger partial charge < -0.3 is 4.74 Å². The summed E-state index contributed by atoms with van der Waals surface area (Å²) in [6.07, 6.45) is 7.82. The van der Waals surface area contributed by atoms with Crippen LogP contribution in [0.3, 0.4) is 0 Å². The van der Waals surface area contributed by atoms with Gasteiger partial charge in [0.1, 0.15) is 11.9 Å². The number of ether oxygens (including phenoxy) is 1. The molecule has 2 aliphatic rings. The summed E-state index contributed by atoms with van der Waals surface area (Å²) >= 11 is 6.53. The molecule has 0 amide bonds. The third kappa shape index (κ3) is 2.45. The molecule has 1 aromatic carbocycles. The molecule has 3 rings (SSSR count). The molecule has 0 bridgehead atoms. The first-order chi connectivity index (χ1) is 9.62. The summed E-state index contributed by atoms with van der Waals surface area (Å²) in [5, 5.41) is 0.322. The Hall–Kier alpha value is -0.690. The summed E-state index contributed by atoms with van der Waals surface area (Å²) in [5.74, 6) is 1.58. The second kappa shape index (κ2) is 5.60. The van der Waals surface area contributed by atoms with Gasteiger partial charge in [-0.15, -0.1) is 11.6 Å². The monoisotopic (exact) mass is 292 g/mol. The van der Waals surface area contributed by atoms with Crippen molar-refractivity contribution < 1.29 is 4.74 Å². The van der Waals surface area contributed by atoms with E-state index in [4.69, 9.17) is 16.3 Å². The first kappa shape index (κ1) is 14.3. The average molecular weight is 293 g/mol. The molecule has 2 heteroatoms. The molecule has 2 unspecified atom stereocenters. The second-order valence-electron chi connectivity index (χ2n) is 6.83. The van der Waals surface area contributed by atoms with Gasteiger partial charge in [0.25, 0.3) is 0 Å². The number of hydrogen-bond donors (Lipinski definition) is 0. The quantitative estimate of drug-likeness (QED) is 0.667. The van der Waals surface area contributed by atoms with Crippen LogP contribution in [0.25, 0.3) is 0 Å². The van der Waals surface area contributed by atoms with Crippen molar-refractivity contribution >= 4 is 11.6 Å². The highest BCUT2D eigenvalue weighted by atomic mass is 35.5. The standard InChI is InChI=1S/C18H25ClO/c1-13(2)14-6-8-15(9-7-14)20-17-12-16(19)18(17)10-4-3-5-11-18/h6-9,13,16-17H,3-5,10-12H2,1-2H3. The van der Waals surface area contributed by atoms with E-state index in [0.29, 0.717) is 17.4 Å². The molecule has 1 spiro atoms. The topological polar surface area (TPSA) is 9.23 Å². The number of alkyl halides is 1. The van der Waals surface area contributed by atoms with Gasteiger partial charge in [-0.25, -0.2) is 0 Å². The molecule has 0 N–H and O–H groups in total. The lowest BCUT2D eigenvalue weighted by Crippen LogP contribution is -2.58. The first-order valence-electron chi connectivity index (χ1n) is 8.02. The van der Waals surface area contributed by atoms with Crippen molar-refractivity contribution in [2.24, 2.45) is 5.41 Å². The third-order valence-electron chi connectivity index (χ3n) is 5.30. The summed E-state index contributed by atoms with van der Waals surface area (Å²) in [7, 11) is 0. The SMILES string of the molecule is CC(C)c1ccc(OC2CC(Cl)C23CCCCC3)cc1. The van der Waals surface area contributed by atoms with Gasteiger partial charge in [-0.2, -0.15) is 0 Å². The predicted molar refractivity (Wildman–Crippen MR) is 84.7 cm³/mol. The van der Waals surface area contributed by atoms with E-state index in [1.54, 1.807) is 0 Å². The Bertz CT molecular complexity index is 445. The molecular formula is C18H25ClO. The van der Waals surface area contributed by atoms with Gasteiger partial charge in [0, 0.05) is 17.2 Å². The molecule has 20 heavy (non-hydrogen) atoms. The van der Waals surface area contributed by atoms with Gasteiger partial charge in [-0.1, -0.05) is 45.2 Å². The molecule has 2 fully saturated rings. The fourth-order valence-electron chi connectivity index (χ4n) is 3.80. The highest BCUT2D eigenvalue weighted by Crippen LogP contribution is 2.55. The van der Waals surface area contributed by atoms with Gasteiger partial charge >= 0.3 is 0 Å². The Morgan fingerprint density at radius 2 is 1.75 bits per heavy atom. The molecule has 2 aliphatic carbocycles. The molecule has 0 aliphatic heterocycles. The maximum Gasteiger partial charge on any atom is 0.119 e. The summed E-state index contributed by atoms with van der Waals surface area (Å²) in [5.41, 5.74) is 1.63. The highest BCUT2D eigenvalue weighted by molar-refractivity contribution is 6.21. The lowest BCUT2D eigenvalue weighted by atomic mass is 9.58. The molecular weight excluding hydrogens is 268 g/mol. The van der Waals surface area contributed by atoms with E-state index in [9.17, 15) is 0 Å². The van der Waals surface area contributed by atoms with Gasteiger partial charge in [0.05, 0.1) is 0 Å². The largest absolute Gasteiger partial charge is 0.490 e. The van der Waals surface area contributed by atoms with Crippen LogP contribution in [-0.4, -0.2) is 11.5 Å². The molecule has 0 saturated heterocycles. The van der Waals surface area contributed by atoms with Crippen molar-refractivity contribution in [2.75, 3.05) is 0 Å². The number of benzene rings is 1. The highest BCUT2D eigenvalue weighted by Gasteiger charge is 2.55. The number of hydrogen-bond acceptors (Lipinski definition) is 1. The fraction of sp³-hybridized carbons (Fsp3) is 0.667. The minimum Gasteiger partial charge on any atom is -0.490 e. The van der Waals surface area contributed by atoms with Crippen molar-refractivity contribution in [2.45, 2.75) is 69.8 Å². The van der Waals surface area contributed by atoms with Crippen LogP contribution in [0.1, 0.15) is 63.9 Å². The minimum atomic E-state index is 0.260. The van der Waals surface area contributed by atoms with Crippen molar-refractivity contribution in [3.05, 3.63) is 29.8 Å². The Kier molecular flexibility index (Phi) is 3.99. The Morgan fingerprint density at radius 3 is 2.30 bits per heavy atom. The van der Waals surface area contributed by atoms with Crippen LogP contribution in [-0.2, 0) is 0 Å². The van der Waals surface area contributed by atoms with E-state index in [1.807, 2.05) is 0 Å². The van der Waals surface area contributed by atoms with Crippen molar-refractivity contribution in [3.63, 3.8) is 0 Å². The van der Waals surface area contributed by atoms with Gasteiger partial charge in [-0.05, 0) is 36.5 Å². The Morgan fingerprint density at radius 1 is 1.10 bits per heavy atom. The van der Waals surface area contributed by atoms with Gasteiger partial charge in [-0.3, -0.25) is 0 Å². The summed E-state index contributed by atoms with van der Waals surface area (Å²) in [6.45, 7) is 4.44. The maximum atomic E-state index is 6.53. The summed E-state index contributed by atoms with van der Waals surface area (Å²) in [6, 6.07) is 8.61. The van der Waals surface area contributed by atoms with Crippen molar-refractivity contribution in [1.29, 1.82) is 0 Å². The second-order valence-corrected chi connectivity index (χ2v) is 7.35. The van der Waals surface area contributed by atoms with E-state index in [-0.39, 0.29) is 5.41 Å². The van der Waals surface area contributed by atoms with Crippen LogP contribution in [0.15, 0.2) is 24.3 Å². The Labute approximate surface area is 127 Å². The van der Waals surface area contributed by atoms with Crippen LogP contribution in [0, 0.1) is 5.41 Å². The molecule has 1 nitrogen and oxygen atoms in total. The van der Waals surface area contributed by atoms with E-state index in [2.05, 4.69) is 38.1 Å². The molecule has 0 aromatic heterocycles. The van der Waals surface area contributed by atoms with E-state index < -0.39 is 0 Å². The lowest BCUT2D eigenvalue weighted by Gasteiger charge is -2.55. The average Bonchev–Trinajstić information content (AvgIpc) is 2.48. The molecule has 0 heterocycles. The number of halogens is 1. The third-order valence-corrected chi connectivity index (χ3v) is 5.91. The minimum absolute atomic E-state index is 0.260. The van der Waals surface area contributed by atoms with E-state index >= 15 is 0 Å². The van der Waals surface area contributed by atoms with Gasteiger partial charge in [0.2, 0.25) is 0 Å². The number of rotatable bonds is 3. The summed E-state index contributed by atoms with van der Waals surface area (Å²) < 4.78 is 6.26. The Balaban J connectivity index is 1.68. The first-order valence-corrected chi connectivity index (χ1v) is 8.46. The van der Waals surface area contributed by atoms with E-state index in [0.717, 1.165) is 12.2 Å². The molecule has 1 aromatic rings. The van der Waals surface area contributed by atoms with Crippen LogP contribution in [0.4, 0.5) is 0 Å². The van der Waals surface area contributed by atoms with Crippen LogP contribution in [0.2, 0.25) is 0 Å². The van der Waals surface area contributed by atoms with Crippen LogP contribution < -0.4 is 4.74 Å². The smallest absolute Gasteiger partial charge is 0.119 e. The predicted octanol–water partition coefficient (Wildman–Crippen LogP) is 5.52. The normalized spacial score (nSPS) is 28.4. The zero-order chi connectivity index (χ0) is 14.2. The zero-order valence-corrected chi connectivity index (χ0v) is 13.3. The van der Waals surface area contributed by atoms with Crippen molar-refractivity contribution in [3.8, 4) is 5.75 Å². The molecule has 0 radical (unpaired) electrons. The molecule has 2 atom stereocenters. The zero-order valence-electron chi connectivity index (χ0n) is 12.6. The van der Waals surface area contributed by atoms with Gasteiger partial charge in [0.15, 0.2) is 0 Å². The molecule has 110 valence electrons. The summed E-state index contributed by atoms with van der Waals surface area (Å²) in [4.78, 5) is 0. The van der Waals surface area contributed by atoms with E-state index in [1.165, 1.54) is 37.7 Å². The van der Waals surface area contributed by atoms with Crippen molar-refractivity contribution in [1.82, 2.24) is 0 Å². The fourth-order valence-corrected chi connectivity index (χ4v) is 4.33. The lowest BCUT2D eigenvalue weighted by molar-refractivity contribution is -0.0650. The maximum absolute atomic E-state index is 6.53. The van der Waals surface area contributed by atoms with Crippen LogP contribution >= 0.6 is 11.6 Å².